The van der Waals surface area contributed by atoms with Crippen LogP contribution in [0.15, 0.2) is 0 Å². The number of likely N-dealkylation sites (N-methyl/N-ethyl adjacent to an activating group) is 2. The van der Waals surface area contributed by atoms with Crippen molar-refractivity contribution in [1.82, 2.24) is 15.1 Å². The third-order valence-corrected chi connectivity index (χ3v) is 9.28. The highest BCUT2D eigenvalue weighted by Crippen LogP contribution is 2.38. The monoisotopic (exact) mass is 555 g/mol. The van der Waals surface area contributed by atoms with Crippen molar-refractivity contribution >= 4 is 11.8 Å². The van der Waals surface area contributed by atoms with Crippen LogP contribution in [0.25, 0.3) is 0 Å². The van der Waals surface area contributed by atoms with Gasteiger partial charge in [-0.3, -0.25) is 14.5 Å². The Balaban J connectivity index is 1.99. The fourth-order valence-electron chi connectivity index (χ4n) is 6.64. The van der Waals surface area contributed by atoms with E-state index < -0.39 is 41.4 Å². The van der Waals surface area contributed by atoms with Crippen LogP contribution in [0.2, 0.25) is 0 Å². The van der Waals surface area contributed by atoms with Gasteiger partial charge in [-0.25, -0.2) is 0 Å². The summed E-state index contributed by atoms with van der Waals surface area (Å²) in [5, 5.41) is 14.5. The molecule has 0 aromatic carbocycles. The minimum absolute atomic E-state index is 0.0535. The number of carbonyl (C=O) groups excluding carboxylic acids is 2. The third kappa shape index (κ3) is 7.02. The zero-order valence-electron chi connectivity index (χ0n) is 25.7. The Kier molecular flexibility index (Phi) is 10.6. The number of esters is 1. The summed E-state index contributed by atoms with van der Waals surface area (Å²) in [5.41, 5.74) is -2.28. The molecule has 0 aromatic rings. The lowest BCUT2D eigenvalue weighted by molar-refractivity contribution is -0.295. The van der Waals surface area contributed by atoms with E-state index in [0.717, 1.165) is 19.6 Å². The highest BCUT2D eigenvalue weighted by Gasteiger charge is 2.51. The van der Waals surface area contributed by atoms with Crippen molar-refractivity contribution in [2.24, 2.45) is 23.2 Å². The number of aliphatic hydroxyl groups is 1. The molecule has 3 rings (SSSR count). The van der Waals surface area contributed by atoms with E-state index in [1.165, 1.54) is 0 Å². The number of Topliss-reactive ketones (excluding diaryl/α,β-unsaturated/α-hetero) is 1. The average molecular weight is 556 g/mol. The first kappa shape index (κ1) is 32.4. The largest absolute Gasteiger partial charge is 0.463 e. The van der Waals surface area contributed by atoms with E-state index in [0.29, 0.717) is 18.8 Å². The van der Waals surface area contributed by atoms with Crippen molar-refractivity contribution in [2.75, 3.05) is 54.5 Å². The minimum atomic E-state index is -1.39. The SMILES string of the molecule is CO[C@]1(C)C[C@@H](C)CN(C)[C@H](C2CNC2)COC(=O)C(C)(C)C(=O)[C@H](C)[C@H]1O[C@@H]1O[C@H](C)C[C@H](N(C)C)[C@H]1O. The van der Waals surface area contributed by atoms with Crippen molar-refractivity contribution in [3.63, 3.8) is 0 Å². The molecule has 0 spiro atoms. The zero-order valence-corrected chi connectivity index (χ0v) is 25.7. The second-order valence-electron chi connectivity index (χ2n) is 13.3. The summed E-state index contributed by atoms with van der Waals surface area (Å²) < 4.78 is 24.7. The van der Waals surface area contributed by atoms with Crippen molar-refractivity contribution in [1.29, 1.82) is 0 Å². The summed E-state index contributed by atoms with van der Waals surface area (Å²) >= 11 is 0. The maximum atomic E-state index is 14.0. The number of ether oxygens (including phenoxy) is 4. The standard InChI is InChI=1S/C29H53N3O7/c1-17-12-29(6,36-10)25(39-26-23(33)21(31(7)8)11-18(2)38-26)19(3)24(34)28(4,5)27(35)37-16-22(32(9)15-17)20-13-30-14-20/h17-23,25-26,30,33H,11-16H2,1-10H3/t17-,18-,19+,21+,22+,23-,25-,26+,29-/m1/s1. The molecular formula is C29H53N3O7. The molecule has 3 fully saturated rings. The van der Waals surface area contributed by atoms with E-state index in [1.807, 2.05) is 32.8 Å². The van der Waals surface area contributed by atoms with Crippen molar-refractivity contribution < 1.29 is 33.6 Å². The summed E-state index contributed by atoms with van der Waals surface area (Å²) in [4.78, 5) is 31.6. The molecule has 0 unspecified atom stereocenters. The van der Waals surface area contributed by atoms with Gasteiger partial charge in [0.2, 0.25) is 0 Å². The zero-order chi connectivity index (χ0) is 29.3. The highest BCUT2D eigenvalue weighted by atomic mass is 16.7. The number of aliphatic hydroxyl groups excluding tert-OH is 1. The second kappa shape index (κ2) is 12.8. The van der Waals surface area contributed by atoms with E-state index in [-0.39, 0.29) is 36.5 Å². The molecule has 3 aliphatic rings. The lowest BCUT2D eigenvalue weighted by Crippen LogP contribution is -2.59. The molecule has 10 heteroatoms. The van der Waals surface area contributed by atoms with Gasteiger partial charge >= 0.3 is 5.97 Å². The fourth-order valence-corrected chi connectivity index (χ4v) is 6.64. The average Bonchev–Trinajstić information content (AvgIpc) is 2.83. The molecule has 3 heterocycles. The number of ketones is 1. The van der Waals surface area contributed by atoms with Crippen molar-refractivity contribution in [3.05, 3.63) is 0 Å². The molecular weight excluding hydrogens is 502 g/mol. The van der Waals surface area contributed by atoms with Crippen LogP contribution in [-0.2, 0) is 28.5 Å². The van der Waals surface area contributed by atoms with Gasteiger partial charge in [0.1, 0.15) is 18.1 Å². The molecule has 3 saturated heterocycles. The fraction of sp³-hybridized carbons (Fsp3) is 0.931. The van der Waals surface area contributed by atoms with Gasteiger partial charge in [0.15, 0.2) is 12.1 Å². The van der Waals surface area contributed by atoms with E-state index >= 15 is 0 Å². The highest BCUT2D eigenvalue weighted by molar-refractivity contribution is 6.04. The van der Waals surface area contributed by atoms with E-state index in [4.69, 9.17) is 18.9 Å². The van der Waals surface area contributed by atoms with Crippen LogP contribution in [0.1, 0.15) is 54.4 Å². The quantitative estimate of drug-likeness (QED) is 0.383. The molecule has 0 radical (unpaired) electrons. The number of carbonyl (C=O) groups is 2. The first-order chi connectivity index (χ1) is 18.1. The molecule has 0 aromatic heterocycles. The van der Waals surface area contributed by atoms with Crippen LogP contribution in [0.3, 0.4) is 0 Å². The Bertz CT molecular complexity index is 851. The van der Waals surface area contributed by atoms with E-state index in [2.05, 4.69) is 24.2 Å². The smallest absolute Gasteiger partial charge is 0.319 e. The number of cyclic esters (lactones) is 1. The summed E-state index contributed by atoms with van der Waals surface area (Å²) in [7, 11) is 7.55. The van der Waals surface area contributed by atoms with Crippen LogP contribution in [-0.4, -0.2) is 123 Å². The van der Waals surface area contributed by atoms with Crippen LogP contribution >= 0.6 is 0 Å². The van der Waals surface area contributed by atoms with Crippen LogP contribution in [0.4, 0.5) is 0 Å². The van der Waals surface area contributed by atoms with Gasteiger partial charge in [-0.1, -0.05) is 13.8 Å². The first-order valence-electron chi connectivity index (χ1n) is 14.4. The van der Waals surface area contributed by atoms with E-state index in [1.54, 1.807) is 27.9 Å². The van der Waals surface area contributed by atoms with Gasteiger partial charge in [0.25, 0.3) is 0 Å². The molecule has 0 aliphatic carbocycles. The normalized spacial score (nSPS) is 41.7. The van der Waals surface area contributed by atoms with Gasteiger partial charge in [-0.2, -0.15) is 0 Å². The lowest BCUT2D eigenvalue weighted by Gasteiger charge is -2.47. The number of nitrogens with zero attached hydrogens (tertiary/aromatic N) is 2. The Morgan fingerprint density at radius 1 is 1.13 bits per heavy atom. The predicted molar refractivity (Wildman–Crippen MR) is 148 cm³/mol. The third-order valence-electron chi connectivity index (χ3n) is 9.28. The lowest BCUT2D eigenvalue weighted by atomic mass is 9.74. The van der Waals surface area contributed by atoms with Crippen LogP contribution in [0.5, 0.6) is 0 Å². The molecule has 2 N–H and O–H groups in total. The first-order valence-corrected chi connectivity index (χ1v) is 14.4. The molecule has 226 valence electrons. The minimum Gasteiger partial charge on any atom is -0.463 e. The Labute approximate surface area is 235 Å². The molecule has 0 bridgehead atoms. The summed E-state index contributed by atoms with van der Waals surface area (Å²) in [6.45, 7) is 13.9. The number of nitrogens with one attached hydrogen (secondary N) is 1. The molecule has 0 amide bonds. The maximum Gasteiger partial charge on any atom is 0.319 e. The summed E-state index contributed by atoms with van der Waals surface area (Å²) in [5.74, 6) is -1.00. The van der Waals surface area contributed by atoms with Crippen LogP contribution < -0.4 is 5.32 Å². The molecule has 39 heavy (non-hydrogen) atoms. The van der Waals surface area contributed by atoms with Crippen molar-refractivity contribution in [2.45, 2.75) is 96.7 Å². The molecule has 9 atom stereocenters. The van der Waals surface area contributed by atoms with Gasteiger partial charge in [0.05, 0.1) is 17.8 Å². The van der Waals surface area contributed by atoms with Gasteiger partial charge < -0.3 is 34.3 Å². The molecule has 3 aliphatic heterocycles. The van der Waals surface area contributed by atoms with Crippen molar-refractivity contribution in [3.8, 4) is 0 Å². The Morgan fingerprint density at radius 3 is 2.31 bits per heavy atom. The van der Waals surface area contributed by atoms with Crippen LogP contribution in [0, 0.1) is 23.2 Å². The number of methoxy groups -OCH3 is 1. The summed E-state index contributed by atoms with van der Waals surface area (Å²) in [6, 6.07) is -0.108. The van der Waals surface area contributed by atoms with E-state index in [9.17, 15) is 14.7 Å². The number of hydrogen-bond donors (Lipinski definition) is 2. The number of hydrogen-bond acceptors (Lipinski definition) is 10. The second-order valence-corrected chi connectivity index (χ2v) is 13.3. The maximum absolute atomic E-state index is 14.0. The topological polar surface area (TPSA) is 110 Å². The van der Waals surface area contributed by atoms with Gasteiger partial charge in [-0.15, -0.1) is 0 Å². The number of rotatable bonds is 5. The molecule has 0 saturated carbocycles. The Hall–Kier alpha value is -1.14. The Morgan fingerprint density at radius 2 is 1.77 bits per heavy atom. The predicted octanol–water partition coefficient (Wildman–Crippen LogP) is 1.54. The van der Waals surface area contributed by atoms with Gasteiger partial charge in [0, 0.05) is 50.7 Å². The molecule has 10 nitrogen and oxygen atoms in total. The summed E-state index contributed by atoms with van der Waals surface area (Å²) in [6.07, 6.45) is -1.52. The van der Waals surface area contributed by atoms with Gasteiger partial charge in [-0.05, 0) is 67.6 Å².